The lowest BCUT2D eigenvalue weighted by Gasteiger charge is -2.38. The fourth-order valence-corrected chi connectivity index (χ4v) is 5.03. The van der Waals surface area contributed by atoms with Crippen molar-refractivity contribution in [3.8, 4) is 5.75 Å². The lowest BCUT2D eigenvalue weighted by atomic mass is 10.1. The third-order valence-electron chi connectivity index (χ3n) is 5.87. The van der Waals surface area contributed by atoms with Crippen LogP contribution in [-0.2, 0) is 10.0 Å². The van der Waals surface area contributed by atoms with Crippen molar-refractivity contribution in [2.75, 3.05) is 47.8 Å². The fourth-order valence-electron chi connectivity index (χ4n) is 3.98. The summed E-state index contributed by atoms with van der Waals surface area (Å²) in [5.41, 5.74) is 2.86. The molecule has 0 saturated carbocycles. The largest absolute Gasteiger partial charge is 0.497 e. The van der Waals surface area contributed by atoms with E-state index in [1.807, 2.05) is 36.1 Å². The van der Waals surface area contributed by atoms with Gasteiger partial charge in [0.05, 0.1) is 23.3 Å². The van der Waals surface area contributed by atoms with Crippen LogP contribution in [0.15, 0.2) is 71.6 Å². The van der Waals surface area contributed by atoms with Crippen LogP contribution in [0.2, 0.25) is 0 Å². The molecule has 1 saturated heterocycles. The zero-order chi connectivity index (χ0) is 24.3. The lowest BCUT2D eigenvalue weighted by molar-refractivity contribution is 0.0697. The molecule has 3 aromatic rings. The molecule has 9 heteroatoms. The molecule has 1 heterocycles. The molecule has 2 N–H and O–H groups in total. The number of aryl methyl sites for hydroxylation is 1. The number of sulfonamides is 1. The van der Waals surface area contributed by atoms with Gasteiger partial charge in [-0.05, 0) is 61.5 Å². The highest BCUT2D eigenvalue weighted by Crippen LogP contribution is 2.28. The highest BCUT2D eigenvalue weighted by molar-refractivity contribution is 7.92. The zero-order valence-electron chi connectivity index (χ0n) is 19.1. The molecule has 4 rings (SSSR count). The second-order valence-corrected chi connectivity index (χ2v) is 9.81. The van der Waals surface area contributed by atoms with Crippen LogP contribution in [-0.4, -0.2) is 52.8 Å². The number of methoxy groups -OCH3 is 1. The SMILES string of the molecule is COc1ccc(N2CCN(c3ccc(NS(=O)(=O)c4ccc(C)cc4)cc3C(=O)O)CC2)cc1. The number of rotatable bonds is 7. The van der Waals surface area contributed by atoms with Gasteiger partial charge in [-0.2, -0.15) is 0 Å². The van der Waals surface area contributed by atoms with E-state index in [1.54, 1.807) is 31.4 Å². The van der Waals surface area contributed by atoms with Crippen molar-refractivity contribution >= 4 is 33.1 Å². The van der Waals surface area contributed by atoms with Crippen molar-refractivity contribution in [3.63, 3.8) is 0 Å². The molecule has 8 nitrogen and oxygen atoms in total. The number of piperazine rings is 1. The first-order chi connectivity index (χ1) is 16.3. The molecule has 0 spiro atoms. The van der Waals surface area contributed by atoms with Gasteiger partial charge >= 0.3 is 5.97 Å². The Hall–Kier alpha value is -3.72. The van der Waals surface area contributed by atoms with Crippen LogP contribution in [0.4, 0.5) is 17.1 Å². The summed E-state index contributed by atoms with van der Waals surface area (Å²) < 4.78 is 33.1. The van der Waals surface area contributed by atoms with Crippen molar-refractivity contribution < 1.29 is 23.1 Å². The third kappa shape index (κ3) is 5.09. The maximum absolute atomic E-state index is 12.7. The Bertz CT molecular complexity index is 1270. The first kappa shape index (κ1) is 23.4. The van der Waals surface area contributed by atoms with E-state index in [9.17, 15) is 18.3 Å². The van der Waals surface area contributed by atoms with E-state index < -0.39 is 16.0 Å². The van der Waals surface area contributed by atoms with Gasteiger partial charge in [0.2, 0.25) is 0 Å². The number of carboxylic acids is 1. The predicted molar refractivity (Wildman–Crippen MR) is 133 cm³/mol. The lowest BCUT2D eigenvalue weighted by Crippen LogP contribution is -2.47. The average molecular weight is 482 g/mol. The molecular weight excluding hydrogens is 454 g/mol. The minimum Gasteiger partial charge on any atom is -0.497 e. The van der Waals surface area contributed by atoms with E-state index >= 15 is 0 Å². The Labute approximate surface area is 199 Å². The van der Waals surface area contributed by atoms with Gasteiger partial charge in [-0.3, -0.25) is 4.72 Å². The summed E-state index contributed by atoms with van der Waals surface area (Å²) in [7, 11) is -2.19. The number of hydrogen-bond acceptors (Lipinski definition) is 6. The maximum Gasteiger partial charge on any atom is 0.337 e. The van der Waals surface area contributed by atoms with Crippen molar-refractivity contribution in [2.45, 2.75) is 11.8 Å². The number of carboxylic acid groups (broad SMARTS) is 1. The zero-order valence-corrected chi connectivity index (χ0v) is 19.9. The Morgan fingerprint density at radius 2 is 1.53 bits per heavy atom. The molecule has 0 atom stereocenters. The first-order valence-corrected chi connectivity index (χ1v) is 12.4. The van der Waals surface area contributed by atoms with Crippen LogP contribution in [0, 0.1) is 6.92 Å². The number of nitrogens with zero attached hydrogens (tertiary/aromatic N) is 2. The Morgan fingerprint density at radius 1 is 0.912 bits per heavy atom. The van der Waals surface area contributed by atoms with Crippen LogP contribution in [0.3, 0.4) is 0 Å². The monoisotopic (exact) mass is 481 g/mol. The number of aromatic carboxylic acids is 1. The second kappa shape index (κ2) is 9.64. The topological polar surface area (TPSA) is 99.2 Å². The first-order valence-electron chi connectivity index (χ1n) is 10.9. The molecule has 0 aliphatic carbocycles. The molecule has 34 heavy (non-hydrogen) atoms. The van der Waals surface area contributed by atoms with Gasteiger partial charge in [0.15, 0.2) is 0 Å². The van der Waals surface area contributed by atoms with Gasteiger partial charge in [0.25, 0.3) is 10.0 Å². The van der Waals surface area contributed by atoms with Gasteiger partial charge in [-0.15, -0.1) is 0 Å². The molecule has 1 aliphatic rings. The molecule has 0 unspecified atom stereocenters. The van der Waals surface area contributed by atoms with E-state index in [0.717, 1.165) is 30.1 Å². The van der Waals surface area contributed by atoms with E-state index in [-0.39, 0.29) is 16.1 Å². The summed E-state index contributed by atoms with van der Waals surface area (Å²) in [5, 5.41) is 9.82. The highest BCUT2D eigenvalue weighted by Gasteiger charge is 2.23. The van der Waals surface area contributed by atoms with Crippen LogP contribution < -0.4 is 19.3 Å². The van der Waals surface area contributed by atoms with Crippen molar-refractivity contribution in [2.24, 2.45) is 0 Å². The van der Waals surface area contributed by atoms with Crippen molar-refractivity contribution in [1.82, 2.24) is 0 Å². The molecule has 0 bridgehead atoms. The quantitative estimate of drug-likeness (QED) is 0.529. The van der Waals surface area contributed by atoms with Gasteiger partial charge in [0.1, 0.15) is 5.75 Å². The number of benzene rings is 3. The van der Waals surface area contributed by atoms with E-state index in [0.29, 0.717) is 18.8 Å². The number of nitrogens with one attached hydrogen (secondary N) is 1. The maximum atomic E-state index is 12.7. The molecule has 0 aromatic heterocycles. The second-order valence-electron chi connectivity index (χ2n) is 8.13. The predicted octanol–water partition coefficient (Wildman–Crippen LogP) is 3.83. The fraction of sp³-hybridized carbons (Fsp3) is 0.240. The van der Waals surface area contributed by atoms with Crippen LogP contribution >= 0.6 is 0 Å². The Morgan fingerprint density at radius 3 is 2.12 bits per heavy atom. The Kier molecular flexibility index (Phi) is 6.65. The summed E-state index contributed by atoms with van der Waals surface area (Å²) in [5.74, 6) is -0.310. The molecule has 3 aromatic carbocycles. The average Bonchev–Trinajstić information content (AvgIpc) is 2.84. The van der Waals surface area contributed by atoms with Gasteiger partial charge in [-0.1, -0.05) is 17.7 Å². The molecular formula is C25H27N3O5S. The molecule has 0 amide bonds. The number of carbonyl (C=O) groups is 1. The number of hydrogen-bond donors (Lipinski definition) is 2. The third-order valence-corrected chi connectivity index (χ3v) is 7.27. The normalized spacial score (nSPS) is 14.1. The van der Waals surface area contributed by atoms with Crippen LogP contribution in [0.25, 0.3) is 0 Å². The van der Waals surface area contributed by atoms with E-state index in [1.165, 1.54) is 18.2 Å². The Balaban J connectivity index is 1.50. The smallest absolute Gasteiger partial charge is 0.337 e. The minimum absolute atomic E-state index is 0.0574. The molecule has 1 aliphatic heterocycles. The van der Waals surface area contributed by atoms with Gasteiger partial charge in [0, 0.05) is 37.6 Å². The van der Waals surface area contributed by atoms with Crippen molar-refractivity contribution in [3.05, 3.63) is 77.9 Å². The summed E-state index contributed by atoms with van der Waals surface area (Å²) in [6, 6.07) is 19.0. The number of anilines is 3. The number of ether oxygens (including phenoxy) is 1. The van der Waals surface area contributed by atoms with Crippen LogP contribution in [0.1, 0.15) is 15.9 Å². The molecule has 178 valence electrons. The van der Waals surface area contributed by atoms with Crippen molar-refractivity contribution in [1.29, 1.82) is 0 Å². The summed E-state index contributed by atoms with van der Waals surface area (Å²) in [6.07, 6.45) is 0. The highest BCUT2D eigenvalue weighted by atomic mass is 32.2. The van der Waals surface area contributed by atoms with Crippen LogP contribution in [0.5, 0.6) is 5.75 Å². The van der Waals surface area contributed by atoms with Gasteiger partial charge in [-0.25, -0.2) is 13.2 Å². The molecule has 1 fully saturated rings. The van der Waals surface area contributed by atoms with E-state index in [4.69, 9.17) is 4.74 Å². The summed E-state index contributed by atoms with van der Waals surface area (Å²) in [6.45, 7) is 4.61. The van der Waals surface area contributed by atoms with Gasteiger partial charge < -0.3 is 19.6 Å². The summed E-state index contributed by atoms with van der Waals surface area (Å²) >= 11 is 0. The summed E-state index contributed by atoms with van der Waals surface area (Å²) in [4.78, 5) is 16.4. The van der Waals surface area contributed by atoms with E-state index in [2.05, 4.69) is 9.62 Å². The molecule has 0 radical (unpaired) electrons. The standard InChI is InChI=1S/C25H27N3O5S/c1-18-3-10-22(11-4-18)34(31,32)26-19-5-12-24(23(17-19)25(29)30)28-15-13-27(14-16-28)20-6-8-21(33-2)9-7-20/h3-12,17,26H,13-16H2,1-2H3,(H,29,30). The minimum atomic E-state index is -3.83.